The van der Waals surface area contributed by atoms with E-state index < -0.39 is 14.4 Å². The third kappa shape index (κ3) is 7.32. The highest BCUT2D eigenvalue weighted by atomic mass is 28.4. The second-order valence-corrected chi connectivity index (χ2v) is 17.1. The lowest BCUT2D eigenvalue weighted by Crippen LogP contribution is -2.47. The number of ether oxygens (including phenoxy) is 1. The van der Waals surface area contributed by atoms with E-state index in [2.05, 4.69) is 51.8 Å². The van der Waals surface area contributed by atoms with Gasteiger partial charge >= 0.3 is 5.97 Å². The van der Waals surface area contributed by atoms with Crippen LogP contribution >= 0.6 is 0 Å². The highest BCUT2D eigenvalue weighted by Crippen LogP contribution is 2.42. The van der Waals surface area contributed by atoms with Gasteiger partial charge < -0.3 is 14.5 Å². The highest BCUT2D eigenvalue weighted by molar-refractivity contribution is 6.76. The molecule has 7 nitrogen and oxygen atoms in total. The number of amides is 1. The van der Waals surface area contributed by atoms with Gasteiger partial charge in [-0.05, 0) is 53.9 Å². The van der Waals surface area contributed by atoms with Gasteiger partial charge in [0.15, 0.2) is 8.32 Å². The lowest BCUT2D eigenvalue weighted by atomic mass is 9.93. The Morgan fingerprint density at radius 2 is 1.83 bits per heavy atom. The van der Waals surface area contributed by atoms with Crippen LogP contribution in [0.4, 0.5) is 0 Å². The molecule has 1 amide bonds. The zero-order valence-corrected chi connectivity index (χ0v) is 26.9. The Bertz CT molecular complexity index is 1260. The molecule has 0 bridgehead atoms. The molecule has 1 N–H and O–H groups in total. The van der Waals surface area contributed by atoms with E-state index in [1.54, 1.807) is 17.2 Å². The van der Waals surface area contributed by atoms with E-state index in [9.17, 15) is 9.59 Å². The highest BCUT2D eigenvalue weighted by Gasteiger charge is 2.57. The van der Waals surface area contributed by atoms with Crippen molar-refractivity contribution in [3.05, 3.63) is 71.3 Å². The molecule has 0 saturated carbocycles. The number of carbonyl (C=O) groups is 2. The van der Waals surface area contributed by atoms with Crippen molar-refractivity contribution >= 4 is 20.2 Å². The van der Waals surface area contributed by atoms with Gasteiger partial charge in [0.05, 0.1) is 25.6 Å². The van der Waals surface area contributed by atoms with Crippen LogP contribution in [-0.4, -0.2) is 56.7 Å². The number of hydrogen-bond acceptors (Lipinski definition) is 6. The molecular weight excluding hydrogens is 544 g/mol. The molecule has 4 rings (SSSR count). The Labute approximate surface area is 252 Å². The summed E-state index contributed by atoms with van der Waals surface area (Å²) in [6.45, 7) is 14.5. The van der Waals surface area contributed by atoms with Gasteiger partial charge in [0.2, 0.25) is 0 Å². The summed E-state index contributed by atoms with van der Waals surface area (Å²) in [4.78, 5) is 31.7. The molecule has 2 aliphatic rings. The number of cyclic esters (lactones) is 1. The average Bonchev–Trinajstić information content (AvgIpc) is 3.48. The second kappa shape index (κ2) is 14.5. The Morgan fingerprint density at radius 3 is 2.52 bits per heavy atom. The van der Waals surface area contributed by atoms with Crippen molar-refractivity contribution < 1.29 is 23.6 Å². The van der Waals surface area contributed by atoms with Crippen LogP contribution in [0, 0.1) is 17.8 Å². The zero-order valence-electron chi connectivity index (χ0n) is 25.9. The number of fused-ring (bicyclic) bond motifs is 1. The van der Waals surface area contributed by atoms with Crippen LogP contribution in [0.1, 0.15) is 75.9 Å². The van der Waals surface area contributed by atoms with Crippen LogP contribution in [0.25, 0.3) is 0 Å². The number of benzene rings is 2. The Morgan fingerprint density at radius 1 is 1.10 bits per heavy atom. The van der Waals surface area contributed by atoms with Crippen LogP contribution in [0.2, 0.25) is 17.1 Å². The van der Waals surface area contributed by atoms with Gasteiger partial charge in [-0.15, -0.1) is 0 Å². The van der Waals surface area contributed by atoms with E-state index in [1.807, 2.05) is 49.4 Å². The summed E-state index contributed by atoms with van der Waals surface area (Å²) in [6, 6.07) is 17.7. The van der Waals surface area contributed by atoms with Gasteiger partial charge in [0.25, 0.3) is 5.91 Å². The smallest absolute Gasteiger partial charge is 0.326 e. The van der Waals surface area contributed by atoms with Crippen molar-refractivity contribution in [3.8, 4) is 11.8 Å². The monoisotopic (exact) mass is 590 g/mol. The first-order valence-electron chi connectivity index (χ1n) is 15.3. The molecule has 42 heavy (non-hydrogen) atoms. The maximum Gasteiger partial charge on any atom is 0.326 e. The molecular formula is C34H46N2O5Si. The van der Waals surface area contributed by atoms with Gasteiger partial charge in [0, 0.05) is 11.1 Å². The molecule has 2 aromatic carbocycles. The van der Waals surface area contributed by atoms with Crippen LogP contribution in [0.3, 0.4) is 0 Å². The largest absolute Gasteiger partial charge is 0.461 e. The maximum absolute atomic E-state index is 12.9. The van der Waals surface area contributed by atoms with E-state index in [-0.39, 0.29) is 36.5 Å². The normalized spacial score (nSPS) is 22.1. The molecule has 2 saturated heterocycles. The number of rotatable bonds is 12. The van der Waals surface area contributed by atoms with E-state index in [4.69, 9.17) is 14.0 Å². The number of nitrogens with zero attached hydrogens (tertiary/aromatic N) is 1. The fourth-order valence-electron chi connectivity index (χ4n) is 6.38. The molecule has 0 aromatic heterocycles. The van der Waals surface area contributed by atoms with E-state index >= 15 is 0 Å². The van der Waals surface area contributed by atoms with Crippen molar-refractivity contribution in [2.45, 2.75) is 96.3 Å². The maximum atomic E-state index is 12.9. The Hall–Kier alpha value is -2.96. The van der Waals surface area contributed by atoms with Crippen molar-refractivity contribution in [2.24, 2.45) is 5.92 Å². The molecule has 2 heterocycles. The van der Waals surface area contributed by atoms with Crippen LogP contribution in [0.15, 0.2) is 54.6 Å². The number of nitrogens with one attached hydrogen (secondary N) is 1. The molecule has 0 radical (unpaired) electrons. The molecule has 0 aliphatic carbocycles. The molecule has 8 heteroatoms. The standard InChI is InChI=1S/C34H46N2O5Si/c1-7-8-20-42(24(2)3,25(4)5)39-23-30-31-26(6)40-34(38)32(31)36(41-30)22-28-15-12-14-27(21-28)16-13-19-35-33(37)29-17-10-9-11-18-29/h9-12,14-15,17-18,21,24-26,30-32H,7-8,19-20,22-23H2,1-6H3,(H,35,37)/t26-,30-,31+,32-/m1/s1. The summed E-state index contributed by atoms with van der Waals surface area (Å²) < 4.78 is 12.6. The van der Waals surface area contributed by atoms with E-state index in [1.165, 1.54) is 6.42 Å². The first kappa shape index (κ1) is 32.0. The number of hydroxylamine groups is 2. The van der Waals surface area contributed by atoms with E-state index in [0.717, 1.165) is 23.6 Å². The van der Waals surface area contributed by atoms with Gasteiger partial charge in [-0.1, -0.05) is 89.6 Å². The first-order valence-corrected chi connectivity index (χ1v) is 17.6. The van der Waals surface area contributed by atoms with Gasteiger partial charge in [0.1, 0.15) is 18.2 Å². The minimum absolute atomic E-state index is 0.0779. The summed E-state index contributed by atoms with van der Waals surface area (Å²) in [6.07, 6.45) is 1.86. The summed E-state index contributed by atoms with van der Waals surface area (Å²) in [5, 5.41) is 4.62. The second-order valence-electron chi connectivity index (χ2n) is 12.1. The van der Waals surface area contributed by atoms with Crippen LogP contribution < -0.4 is 5.32 Å². The molecule has 4 atom stereocenters. The van der Waals surface area contributed by atoms with Crippen molar-refractivity contribution in [1.82, 2.24) is 10.4 Å². The molecule has 2 fully saturated rings. The number of unbranched alkanes of at least 4 members (excludes halogenated alkanes) is 1. The molecule has 2 aromatic rings. The Balaban J connectivity index is 1.42. The first-order chi connectivity index (χ1) is 20.2. The average molecular weight is 591 g/mol. The van der Waals surface area contributed by atoms with Gasteiger partial charge in [-0.2, -0.15) is 5.06 Å². The third-order valence-electron chi connectivity index (χ3n) is 8.72. The summed E-state index contributed by atoms with van der Waals surface area (Å²) in [5.41, 5.74) is 3.41. The summed E-state index contributed by atoms with van der Waals surface area (Å²) in [7, 11) is -2.03. The van der Waals surface area contributed by atoms with E-state index in [0.29, 0.717) is 29.8 Å². The zero-order chi connectivity index (χ0) is 30.3. The fraction of sp³-hybridized carbons (Fsp3) is 0.529. The third-order valence-corrected chi connectivity index (χ3v) is 14.5. The SMILES string of the molecule is CCCC[Si](OC[C@H]1ON(Cc2cccc(C#CCNC(=O)c3ccccc3)c2)[C@H]2C(=O)O[C@H](C)[C@@H]12)(C(C)C)C(C)C. The fourth-order valence-corrected chi connectivity index (χ4v) is 11.1. The molecule has 2 aliphatic heterocycles. The van der Waals surface area contributed by atoms with Crippen LogP contribution in [0.5, 0.6) is 0 Å². The molecule has 0 spiro atoms. The van der Waals surface area contributed by atoms with Crippen molar-refractivity contribution in [1.29, 1.82) is 0 Å². The number of hydrogen-bond donors (Lipinski definition) is 1. The quantitative estimate of drug-likeness (QED) is 0.183. The van der Waals surface area contributed by atoms with Gasteiger partial charge in [-0.25, -0.2) is 0 Å². The Kier molecular flexibility index (Phi) is 11.0. The number of carbonyl (C=O) groups excluding carboxylic acids is 2. The summed E-state index contributed by atoms with van der Waals surface area (Å²) in [5.74, 6) is 5.70. The molecule has 226 valence electrons. The molecule has 0 unspecified atom stereocenters. The predicted molar refractivity (Wildman–Crippen MR) is 167 cm³/mol. The van der Waals surface area contributed by atoms with Crippen molar-refractivity contribution in [3.63, 3.8) is 0 Å². The van der Waals surface area contributed by atoms with Crippen molar-refractivity contribution in [2.75, 3.05) is 13.2 Å². The van der Waals surface area contributed by atoms with Gasteiger partial charge in [-0.3, -0.25) is 14.4 Å². The summed E-state index contributed by atoms with van der Waals surface area (Å²) >= 11 is 0. The lowest BCUT2D eigenvalue weighted by Gasteiger charge is -2.40. The lowest BCUT2D eigenvalue weighted by molar-refractivity contribution is -0.195. The topological polar surface area (TPSA) is 77.1 Å². The predicted octanol–water partition coefficient (Wildman–Crippen LogP) is 6.10. The number of esters is 1. The van der Waals surface area contributed by atoms with Crippen LogP contribution in [-0.2, 0) is 25.3 Å². The minimum Gasteiger partial charge on any atom is -0.461 e. The minimum atomic E-state index is -2.03.